The molecule has 3 aromatic rings. The Labute approximate surface area is 210 Å². The zero-order valence-corrected chi connectivity index (χ0v) is 22.0. The van der Waals surface area contributed by atoms with E-state index < -0.39 is 0 Å². The van der Waals surface area contributed by atoms with Crippen molar-refractivity contribution in [1.29, 1.82) is 0 Å². The quantitative estimate of drug-likeness (QED) is 0.296. The molecular formula is C24H32ClN3O3S2. The molecule has 33 heavy (non-hydrogen) atoms. The number of thioether (sulfide) groups is 1. The van der Waals surface area contributed by atoms with E-state index in [2.05, 4.69) is 4.90 Å². The fraction of sp³-hybridized carbons (Fsp3) is 0.417. The van der Waals surface area contributed by atoms with Crippen molar-refractivity contribution in [2.45, 2.75) is 24.7 Å². The molecular weight excluding hydrogens is 478 g/mol. The van der Waals surface area contributed by atoms with Crippen LogP contribution in [0, 0.1) is 0 Å². The van der Waals surface area contributed by atoms with Gasteiger partial charge in [-0.2, -0.15) is 0 Å². The summed E-state index contributed by atoms with van der Waals surface area (Å²) in [6, 6.07) is 13.8. The van der Waals surface area contributed by atoms with Crippen LogP contribution < -0.4 is 14.4 Å². The number of para-hydroxylation sites is 1. The van der Waals surface area contributed by atoms with Gasteiger partial charge in [0.05, 0.1) is 18.4 Å². The smallest absolute Gasteiger partial charge is 0.229 e. The number of benzene rings is 2. The standard InChI is InChI=1S/C24H31N3O3S2.ClH/c1-5-30-20-8-6-9-21-23(20)25-24(32-21)27(16-7-15-26(2)3)22(28)14-17-31-19-12-10-18(29-4)11-13-19;/h6,8-13H,5,7,14-17H2,1-4H3;1H. The Morgan fingerprint density at radius 2 is 1.88 bits per heavy atom. The lowest BCUT2D eigenvalue weighted by Gasteiger charge is -2.21. The average Bonchev–Trinajstić information content (AvgIpc) is 3.22. The summed E-state index contributed by atoms with van der Waals surface area (Å²) in [6.45, 7) is 4.11. The molecule has 0 atom stereocenters. The number of rotatable bonds is 12. The lowest BCUT2D eigenvalue weighted by Crippen LogP contribution is -2.33. The Kier molecular flexibility index (Phi) is 11.3. The van der Waals surface area contributed by atoms with E-state index in [1.807, 2.05) is 68.4 Å². The summed E-state index contributed by atoms with van der Waals surface area (Å²) < 4.78 is 12.0. The van der Waals surface area contributed by atoms with Gasteiger partial charge >= 0.3 is 0 Å². The molecule has 9 heteroatoms. The van der Waals surface area contributed by atoms with E-state index in [-0.39, 0.29) is 18.3 Å². The first-order valence-electron chi connectivity index (χ1n) is 10.8. The lowest BCUT2D eigenvalue weighted by atomic mass is 10.3. The van der Waals surface area contributed by atoms with Crippen molar-refractivity contribution in [3.05, 3.63) is 42.5 Å². The summed E-state index contributed by atoms with van der Waals surface area (Å²) in [7, 11) is 5.75. The molecule has 6 nitrogen and oxygen atoms in total. The molecule has 0 aliphatic rings. The van der Waals surface area contributed by atoms with E-state index in [0.717, 1.165) is 44.7 Å². The van der Waals surface area contributed by atoms with Crippen LogP contribution in [0.15, 0.2) is 47.4 Å². The van der Waals surface area contributed by atoms with Gasteiger partial charge in [0.15, 0.2) is 5.13 Å². The second-order valence-electron chi connectivity index (χ2n) is 7.51. The summed E-state index contributed by atoms with van der Waals surface area (Å²) in [6.07, 6.45) is 1.34. The van der Waals surface area contributed by atoms with E-state index in [1.54, 1.807) is 30.2 Å². The highest BCUT2D eigenvalue weighted by Crippen LogP contribution is 2.34. The number of carbonyl (C=O) groups excluding carboxylic acids is 1. The number of hydrogen-bond acceptors (Lipinski definition) is 7. The number of thiazole rings is 1. The Morgan fingerprint density at radius 3 is 2.55 bits per heavy atom. The van der Waals surface area contributed by atoms with Gasteiger partial charge in [-0.3, -0.25) is 9.69 Å². The maximum absolute atomic E-state index is 13.2. The van der Waals surface area contributed by atoms with Crippen LogP contribution in [0.2, 0.25) is 0 Å². The van der Waals surface area contributed by atoms with E-state index in [1.165, 1.54) is 0 Å². The molecule has 0 fully saturated rings. The lowest BCUT2D eigenvalue weighted by molar-refractivity contribution is -0.118. The van der Waals surface area contributed by atoms with Gasteiger partial charge in [0.1, 0.15) is 17.0 Å². The number of nitrogens with zero attached hydrogens (tertiary/aromatic N) is 3. The third-order valence-corrected chi connectivity index (χ3v) is 6.89. The molecule has 180 valence electrons. The third-order valence-electron chi connectivity index (χ3n) is 4.83. The Morgan fingerprint density at radius 1 is 1.12 bits per heavy atom. The molecule has 1 aromatic heterocycles. The van der Waals surface area contributed by atoms with Gasteiger partial charge in [-0.1, -0.05) is 17.4 Å². The number of hydrogen-bond donors (Lipinski definition) is 0. The van der Waals surface area contributed by atoms with Crippen LogP contribution in [0.4, 0.5) is 5.13 Å². The molecule has 0 saturated carbocycles. The number of methoxy groups -OCH3 is 1. The highest BCUT2D eigenvalue weighted by Gasteiger charge is 2.20. The van der Waals surface area contributed by atoms with Gasteiger partial charge < -0.3 is 14.4 Å². The van der Waals surface area contributed by atoms with Crippen molar-refractivity contribution in [2.75, 3.05) is 51.6 Å². The molecule has 1 heterocycles. The van der Waals surface area contributed by atoms with Crippen molar-refractivity contribution in [3.63, 3.8) is 0 Å². The number of halogens is 1. The predicted octanol–water partition coefficient (Wildman–Crippen LogP) is 5.59. The highest BCUT2D eigenvalue weighted by molar-refractivity contribution is 7.99. The third kappa shape index (κ3) is 7.78. The number of anilines is 1. The van der Waals surface area contributed by atoms with Crippen LogP contribution in [0.5, 0.6) is 11.5 Å². The first-order valence-corrected chi connectivity index (χ1v) is 12.6. The second kappa shape index (κ2) is 13.6. The molecule has 0 radical (unpaired) electrons. The van der Waals surface area contributed by atoms with Crippen LogP contribution in [-0.4, -0.2) is 62.4 Å². The Hall–Kier alpha value is -2.00. The normalized spacial score (nSPS) is 10.8. The molecule has 0 N–H and O–H groups in total. The van der Waals surface area contributed by atoms with Crippen molar-refractivity contribution in [1.82, 2.24) is 9.88 Å². The maximum atomic E-state index is 13.2. The molecule has 1 amide bonds. The highest BCUT2D eigenvalue weighted by atomic mass is 35.5. The fourth-order valence-electron chi connectivity index (χ4n) is 3.23. The van der Waals surface area contributed by atoms with Gasteiger partial charge in [-0.15, -0.1) is 24.2 Å². The monoisotopic (exact) mass is 509 g/mol. The van der Waals surface area contributed by atoms with Crippen LogP contribution in [0.1, 0.15) is 19.8 Å². The molecule has 0 aliphatic heterocycles. The van der Waals surface area contributed by atoms with Crippen molar-refractivity contribution < 1.29 is 14.3 Å². The summed E-state index contributed by atoms with van der Waals surface area (Å²) in [5.41, 5.74) is 0.826. The summed E-state index contributed by atoms with van der Waals surface area (Å²) in [4.78, 5) is 23.1. The Balaban J connectivity index is 0.00000385. The first-order chi connectivity index (χ1) is 15.5. The van der Waals surface area contributed by atoms with E-state index >= 15 is 0 Å². The van der Waals surface area contributed by atoms with Gasteiger partial charge in [0, 0.05) is 23.6 Å². The molecule has 2 aromatic carbocycles. The van der Waals surface area contributed by atoms with Crippen molar-refractivity contribution in [2.24, 2.45) is 0 Å². The predicted molar refractivity (Wildman–Crippen MR) is 142 cm³/mol. The minimum Gasteiger partial charge on any atom is -0.497 e. The number of ether oxygens (including phenoxy) is 2. The summed E-state index contributed by atoms with van der Waals surface area (Å²) in [5, 5.41) is 0.741. The molecule has 0 unspecified atom stereocenters. The minimum absolute atomic E-state index is 0. The number of aromatic nitrogens is 1. The molecule has 0 aliphatic carbocycles. The van der Waals surface area contributed by atoms with Crippen molar-refractivity contribution in [3.8, 4) is 11.5 Å². The zero-order chi connectivity index (χ0) is 22.9. The first kappa shape index (κ1) is 27.2. The van der Waals surface area contributed by atoms with Gasteiger partial charge in [0.2, 0.25) is 5.91 Å². The average molecular weight is 510 g/mol. The van der Waals surface area contributed by atoms with Gasteiger partial charge in [-0.05, 0) is 70.4 Å². The van der Waals surface area contributed by atoms with Crippen LogP contribution in [-0.2, 0) is 4.79 Å². The van der Waals surface area contributed by atoms with E-state index in [0.29, 0.717) is 25.3 Å². The maximum Gasteiger partial charge on any atom is 0.229 e. The molecule has 0 saturated heterocycles. The van der Waals surface area contributed by atoms with Gasteiger partial charge in [-0.25, -0.2) is 4.98 Å². The SMILES string of the molecule is CCOc1cccc2sc(N(CCCN(C)C)C(=O)CCSc3ccc(OC)cc3)nc12.Cl. The zero-order valence-electron chi connectivity index (χ0n) is 19.6. The van der Waals surface area contributed by atoms with Gasteiger partial charge in [0.25, 0.3) is 0 Å². The number of fused-ring (bicyclic) bond motifs is 1. The van der Waals surface area contributed by atoms with Crippen LogP contribution in [0.3, 0.4) is 0 Å². The van der Waals surface area contributed by atoms with Crippen LogP contribution >= 0.6 is 35.5 Å². The summed E-state index contributed by atoms with van der Waals surface area (Å²) in [5.74, 6) is 2.41. The molecule has 3 rings (SSSR count). The minimum atomic E-state index is 0. The van der Waals surface area contributed by atoms with E-state index in [4.69, 9.17) is 14.5 Å². The topological polar surface area (TPSA) is 54.9 Å². The Bertz CT molecular complexity index is 1010. The van der Waals surface area contributed by atoms with Crippen molar-refractivity contribution >= 4 is 56.8 Å². The number of amides is 1. The molecule has 0 spiro atoms. The van der Waals surface area contributed by atoms with Crippen LogP contribution in [0.25, 0.3) is 10.2 Å². The largest absolute Gasteiger partial charge is 0.497 e. The van der Waals surface area contributed by atoms with E-state index in [9.17, 15) is 4.79 Å². The fourth-order valence-corrected chi connectivity index (χ4v) is 5.10. The number of carbonyl (C=O) groups is 1. The second-order valence-corrected chi connectivity index (χ2v) is 9.69. The summed E-state index contributed by atoms with van der Waals surface area (Å²) >= 11 is 3.22. The molecule has 0 bridgehead atoms.